The smallest absolute Gasteiger partial charge is 0.219 e. The highest BCUT2D eigenvalue weighted by molar-refractivity contribution is 7.89. The molecule has 1 fully saturated rings. The summed E-state index contributed by atoms with van der Waals surface area (Å²) in [4.78, 5) is 2.09. The summed E-state index contributed by atoms with van der Waals surface area (Å²) in [7, 11) is -1.31. The first-order valence-electron chi connectivity index (χ1n) is 4.77. The molecule has 6 heteroatoms. The molecule has 0 aliphatic carbocycles. The third kappa shape index (κ3) is 2.44. The first-order valence-corrected chi connectivity index (χ1v) is 6.27. The Kier molecular flexibility index (Phi) is 3.88. The normalized spacial score (nSPS) is 23.6. The Labute approximate surface area is 85.4 Å². The van der Waals surface area contributed by atoms with Crippen LogP contribution in [0.2, 0.25) is 0 Å². The van der Waals surface area contributed by atoms with Gasteiger partial charge in [0.25, 0.3) is 0 Å². The van der Waals surface area contributed by atoms with Gasteiger partial charge in [-0.1, -0.05) is 0 Å². The molecule has 14 heavy (non-hydrogen) atoms. The molecule has 0 bridgehead atoms. The number of aliphatic hydroxyl groups is 1. The van der Waals surface area contributed by atoms with Gasteiger partial charge in [0.2, 0.25) is 10.0 Å². The van der Waals surface area contributed by atoms with Crippen LogP contribution in [0.5, 0.6) is 0 Å². The predicted octanol–water partition coefficient (Wildman–Crippen LogP) is -1.06. The van der Waals surface area contributed by atoms with E-state index in [9.17, 15) is 8.42 Å². The molecule has 1 heterocycles. The SMILES string of the molecule is CC(CO)S(=O)(=O)N1CCN(C)CC1. The molecule has 1 atom stereocenters. The topological polar surface area (TPSA) is 60.9 Å². The van der Waals surface area contributed by atoms with Crippen LogP contribution in [-0.2, 0) is 10.0 Å². The van der Waals surface area contributed by atoms with E-state index in [2.05, 4.69) is 4.90 Å². The van der Waals surface area contributed by atoms with Gasteiger partial charge >= 0.3 is 0 Å². The molecule has 0 spiro atoms. The van der Waals surface area contributed by atoms with Gasteiger partial charge in [0.05, 0.1) is 11.9 Å². The van der Waals surface area contributed by atoms with Crippen molar-refractivity contribution < 1.29 is 13.5 Å². The number of hydrogen-bond acceptors (Lipinski definition) is 4. The minimum Gasteiger partial charge on any atom is -0.395 e. The molecular weight excluding hydrogens is 204 g/mol. The lowest BCUT2D eigenvalue weighted by atomic mass is 10.4. The lowest BCUT2D eigenvalue weighted by Crippen LogP contribution is -2.50. The zero-order valence-corrected chi connectivity index (χ0v) is 9.50. The van der Waals surface area contributed by atoms with Crippen LogP contribution >= 0.6 is 0 Å². The molecule has 1 aliphatic rings. The van der Waals surface area contributed by atoms with E-state index in [1.807, 2.05) is 7.05 Å². The largest absolute Gasteiger partial charge is 0.395 e. The lowest BCUT2D eigenvalue weighted by Gasteiger charge is -2.32. The Hall–Kier alpha value is -0.170. The average Bonchev–Trinajstić information content (AvgIpc) is 2.17. The highest BCUT2D eigenvalue weighted by Gasteiger charge is 2.30. The summed E-state index contributed by atoms with van der Waals surface area (Å²) in [5.41, 5.74) is 0. The molecule has 1 saturated heterocycles. The quantitative estimate of drug-likeness (QED) is 0.661. The van der Waals surface area contributed by atoms with Gasteiger partial charge in [-0.3, -0.25) is 0 Å². The molecule has 1 rings (SSSR count). The second kappa shape index (κ2) is 4.57. The molecule has 0 amide bonds. The minimum atomic E-state index is -3.28. The second-order valence-electron chi connectivity index (χ2n) is 3.74. The van der Waals surface area contributed by atoms with E-state index in [0.717, 1.165) is 13.1 Å². The fourth-order valence-electron chi connectivity index (χ4n) is 1.39. The summed E-state index contributed by atoms with van der Waals surface area (Å²) in [5, 5.41) is 8.15. The number of aliphatic hydroxyl groups excluding tert-OH is 1. The van der Waals surface area contributed by atoms with E-state index in [0.29, 0.717) is 13.1 Å². The van der Waals surface area contributed by atoms with Crippen molar-refractivity contribution in [2.45, 2.75) is 12.2 Å². The van der Waals surface area contributed by atoms with Crippen molar-refractivity contribution in [3.63, 3.8) is 0 Å². The Balaban J connectivity index is 2.65. The van der Waals surface area contributed by atoms with Gasteiger partial charge < -0.3 is 10.0 Å². The van der Waals surface area contributed by atoms with Gasteiger partial charge in [-0.25, -0.2) is 8.42 Å². The monoisotopic (exact) mass is 222 g/mol. The number of piperazine rings is 1. The Morgan fingerprint density at radius 3 is 2.21 bits per heavy atom. The number of sulfonamides is 1. The van der Waals surface area contributed by atoms with Gasteiger partial charge in [-0.15, -0.1) is 0 Å². The maximum Gasteiger partial charge on any atom is 0.219 e. The van der Waals surface area contributed by atoms with Crippen molar-refractivity contribution in [2.24, 2.45) is 0 Å². The zero-order valence-electron chi connectivity index (χ0n) is 8.68. The first-order chi connectivity index (χ1) is 6.48. The van der Waals surface area contributed by atoms with Crippen molar-refractivity contribution >= 4 is 10.0 Å². The van der Waals surface area contributed by atoms with Crippen molar-refractivity contribution in [2.75, 3.05) is 39.8 Å². The van der Waals surface area contributed by atoms with E-state index in [1.165, 1.54) is 11.2 Å². The van der Waals surface area contributed by atoms with Crippen molar-refractivity contribution in [1.82, 2.24) is 9.21 Å². The van der Waals surface area contributed by atoms with E-state index < -0.39 is 15.3 Å². The van der Waals surface area contributed by atoms with E-state index in [4.69, 9.17) is 5.11 Å². The molecular formula is C8H18N2O3S. The first kappa shape index (κ1) is 11.9. The summed E-state index contributed by atoms with van der Waals surface area (Å²) < 4.78 is 25.0. The van der Waals surface area contributed by atoms with Gasteiger partial charge in [0.15, 0.2) is 0 Å². The lowest BCUT2D eigenvalue weighted by molar-refractivity contribution is 0.217. The molecule has 5 nitrogen and oxygen atoms in total. The molecule has 0 aromatic carbocycles. The van der Waals surface area contributed by atoms with Crippen LogP contribution in [0, 0.1) is 0 Å². The van der Waals surface area contributed by atoms with Crippen LogP contribution in [0.4, 0.5) is 0 Å². The standard InChI is InChI=1S/C8H18N2O3S/c1-8(7-11)14(12,13)10-5-3-9(2)4-6-10/h8,11H,3-7H2,1-2H3. The van der Waals surface area contributed by atoms with Crippen LogP contribution in [0.3, 0.4) is 0 Å². The molecule has 1 unspecified atom stereocenters. The van der Waals surface area contributed by atoms with Gasteiger partial charge in [0.1, 0.15) is 0 Å². The van der Waals surface area contributed by atoms with E-state index in [1.54, 1.807) is 0 Å². The van der Waals surface area contributed by atoms with E-state index in [-0.39, 0.29) is 6.61 Å². The van der Waals surface area contributed by atoms with Crippen LogP contribution < -0.4 is 0 Å². The van der Waals surface area contributed by atoms with Crippen molar-refractivity contribution in [1.29, 1.82) is 0 Å². The summed E-state index contributed by atoms with van der Waals surface area (Å²) in [6.07, 6.45) is 0. The van der Waals surface area contributed by atoms with Crippen LogP contribution in [0.15, 0.2) is 0 Å². The number of hydrogen-bond donors (Lipinski definition) is 1. The van der Waals surface area contributed by atoms with Gasteiger partial charge in [0, 0.05) is 26.2 Å². The summed E-state index contributed by atoms with van der Waals surface area (Å²) in [6, 6.07) is 0. The van der Waals surface area contributed by atoms with Gasteiger partial charge in [-0.05, 0) is 14.0 Å². The van der Waals surface area contributed by atoms with Crippen LogP contribution in [0.25, 0.3) is 0 Å². The summed E-state index contributed by atoms with van der Waals surface area (Å²) in [6.45, 7) is 3.81. The number of nitrogens with zero attached hydrogens (tertiary/aromatic N) is 2. The molecule has 0 saturated carbocycles. The average molecular weight is 222 g/mol. The van der Waals surface area contributed by atoms with E-state index >= 15 is 0 Å². The highest BCUT2D eigenvalue weighted by Crippen LogP contribution is 2.11. The fraction of sp³-hybridized carbons (Fsp3) is 1.00. The van der Waals surface area contributed by atoms with Crippen LogP contribution in [0.1, 0.15) is 6.92 Å². The summed E-state index contributed by atoms with van der Waals surface area (Å²) >= 11 is 0. The van der Waals surface area contributed by atoms with Gasteiger partial charge in [-0.2, -0.15) is 4.31 Å². The summed E-state index contributed by atoms with van der Waals surface area (Å²) in [5.74, 6) is 0. The third-order valence-corrected chi connectivity index (χ3v) is 4.84. The number of rotatable bonds is 3. The molecule has 1 N–H and O–H groups in total. The minimum absolute atomic E-state index is 0.311. The van der Waals surface area contributed by atoms with Crippen LogP contribution in [-0.4, -0.2) is 67.8 Å². The molecule has 1 aliphatic heterocycles. The highest BCUT2D eigenvalue weighted by atomic mass is 32.2. The molecule has 0 aromatic rings. The Morgan fingerprint density at radius 2 is 1.79 bits per heavy atom. The number of likely N-dealkylation sites (N-methyl/N-ethyl adjacent to an activating group) is 1. The van der Waals surface area contributed by atoms with Crippen molar-refractivity contribution in [3.8, 4) is 0 Å². The Morgan fingerprint density at radius 1 is 1.29 bits per heavy atom. The second-order valence-corrected chi connectivity index (χ2v) is 6.09. The third-order valence-electron chi connectivity index (χ3n) is 2.59. The predicted molar refractivity (Wildman–Crippen MR) is 54.5 cm³/mol. The maximum atomic E-state index is 11.8. The molecule has 84 valence electrons. The molecule has 0 aromatic heterocycles. The Bertz CT molecular complexity index is 270. The zero-order chi connectivity index (χ0) is 10.8. The molecule has 0 radical (unpaired) electrons. The fourth-order valence-corrected chi connectivity index (χ4v) is 2.76. The maximum absolute atomic E-state index is 11.8. The van der Waals surface area contributed by atoms with Crippen molar-refractivity contribution in [3.05, 3.63) is 0 Å².